The third-order valence-electron chi connectivity index (χ3n) is 12.1. The topological polar surface area (TPSA) is 50.9 Å². The summed E-state index contributed by atoms with van der Waals surface area (Å²) in [5.41, 5.74) is -1.94. The molecule has 1 N–H and O–H groups in total. The van der Waals surface area contributed by atoms with Crippen LogP contribution in [0.25, 0.3) is 83.9 Å². The number of hydrogen-bond acceptors (Lipinski definition) is 3. The van der Waals surface area contributed by atoms with Crippen LogP contribution >= 0.6 is 0 Å². The van der Waals surface area contributed by atoms with Crippen molar-refractivity contribution in [1.82, 2.24) is 14.5 Å². The SMILES string of the molecule is [2H]C(C)(C)c1ccc(-c2ccnc(-c3cc(-c4ccccc4)cc(-c4cccc5c4nc(-c4cc(C(C([2H])([2H])[2H])(C([2H])([2H])[2H])C([2H])([2H])[2H])cc(C(C([2H])([2H])[2H])(C([2H])([2H])[2H])C([2H])([2H])[2H])c4O)n5-c4ccc(-c5ccccc5)c(CC(C)C)c4)c3)c2)cc1. The normalized spacial score (nSPS) is 17.6. The zero-order valence-corrected chi connectivity index (χ0v) is 37.7. The van der Waals surface area contributed by atoms with E-state index in [0.29, 0.717) is 40.6 Å². The van der Waals surface area contributed by atoms with Gasteiger partial charge in [-0.1, -0.05) is 178 Å². The Morgan fingerprint density at radius 1 is 0.567 bits per heavy atom. The maximum atomic E-state index is 13.1. The number of phenols is 1. The van der Waals surface area contributed by atoms with Gasteiger partial charge in [0, 0.05) is 54.6 Å². The van der Waals surface area contributed by atoms with Gasteiger partial charge < -0.3 is 5.11 Å². The van der Waals surface area contributed by atoms with E-state index >= 15 is 0 Å². The molecule has 0 unspecified atom stereocenters. The number of nitrogens with zero attached hydrogens (tertiary/aromatic N) is 3. The molecule has 9 aromatic rings. The fraction of sp³-hybridized carbons (Fsp3) is 0.238. The molecule has 0 saturated carbocycles. The number of imidazole rings is 1. The van der Waals surface area contributed by atoms with Crippen molar-refractivity contribution in [2.45, 2.75) is 92.0 Å². The number of phenolic OH excluding ortho intramolecular Hbond substituents is 1. The lowest BCUT2D eigenvalue weighted by Crippen LogP contribution is -2.17. The summed E-state index contributed by atoms with van der Waals surface area (Å²) in [7, 11) is 0. The lowest BCUT2D eigenvalue weighted by molar-refractivity contribution is 0.446. The first-order valence-electron chi connectivity index (χ1n) is 31.7. The average molecular weight is 897 g/mol. The van der Waals surface area contributed by atoms with Crippen LogP contribution in [0.1, 0.15) is 123 Å². The molecule has 7 aromatic carbocycles. The summed E-state index contributed by atoms with van der Waals surface area (Å²) in [6.07, 6.45) is 2.20. The fourth-order valence-corrected chi connectivity index (χ4v) is 8.80. The zero-order chi connectivity index (χ0) is 63.1. The second-order valence-electron chi connectivity index (χ2n) is 17.8. The number of pyridine rings is 1. The summed E-state index contributed by atoms with van der Waals surface area (Å²) < 4.78 is 168. The quantitative estimate of drug-likeness (QED) is 0.149. The van der Waals surface area contributed by atoms with Gasteiger partial charge in [-0.3, -0.25) is 9.55 Å². The summed E-state index contributed by atoms with van der Waals surface area (Å²) in [6.45, 7) is -16.9. The molecular formula is C63H63N3O. The number of rotatable bonds is 10. The molecule has 0 aliphatic heterocycles. The Morgan fingerprint density at radius 2 is 1.24 bits per heavy atom. The molecule has 0 radical (unpaired) electrons. The Morgan fingerprint density at radius 3 is 1.93 bits per heavy atom. The van der Waals surface area contributed by atoms with Crippen molar-refractivity contribution in [3.8, 4) is 78.6 Å². The van der Waals surface area contributed by atoms with Crippen LogP contribution in [0.4, 0.5) is 0 Å². The van der Waals surface area contributed by atoms with Crippen LogP contribution in [0.5, 0.6) is 5.75 Å². The van der Waals surface area contributed by atoms with E-state index in [2.05, 4.69) is 0 Å². The van der Waals surface area contributed by atoms with Gasteiger partial charge >= 0.3 is 0 Å². The highest BCUT2D eigenvalue weighted by Gasteiger charge is 2.29. The zero-order valence-electron chi connectivity index (χ0n) is 56.7. The first-order chi connectivity index (χ1) is 39.8. The molecule has 0 bridgehead atoms. The molecule has 4 nitrogen and oxygen atoms in total. The Balaban J connectivity index is 1.45. The van der Waals surface area contributed by atoms with Gasteiger partial charge in [-0.05, 0) is 139 Å². The molecule has 336 valence electrons. The highest BCUT2D eigenvalue weighted by molar-refractivity contribution is 5.98. The van der Waals surface area contributed by atoms with Crippen molar-refractivity contribution >= 4 is 11.0 Å². The minimum absolute atomic E-state index is 0.0742. The van der Waals surface area contributed by atoms with E-state index in [1.54, 1.807) is 30.5 Å². The Labute approximate surface area is 424 Å². The molecule has 4 heteroatoms. The Bertz CT molecular complexity index is 3890. The third-order valence-corrected chi connectivity index (χ3v) is 12.1. The van der Waals surface area contributed by atoms with E-state index in [1.807, 2.05) is 155 Å². The first kappa shape index (κ1) is 27.6. The molecular weight excluding hydrogens is 815 g/mol. The van der Waals surface area contributed by atoms with Crippen molar-refractivity contribution in [1.29, 1.82) is 0 Å². The average Bonchev–Trinajstić information content (AvgIpc) is 0.783. The molecule has 2 aromatic heterocycles. The second kappa shape index (κ2) is 18.0. The molecule has 0 aliphatic rings. The first-order valence-corrected chi connectivity index (χ1v) is 22.2. The van der Waals surface area contributed by atoms with Crippen molar-refractivity contribution in [2.75, 3.05) is 0 Å². The van der Waals surface area contributed by atoms with E-state index in [1.165, 1.54) is 4.57 Å². The molecule has 0 amide bonds. The number of aromatic hydroxyl groups is 1. The predicted octanol–water partition coefficient (Wildman–Crippen LogP) is 17.0. The number of benzene rings is 7. The van der Waals surface area contributed by atoms with Crippen molar-refractivity contribution < 1.29 is 31.2 Å². The maximum Gasteiger partial charge on any atom is 0.149 e. The monoisotopic (exact) mass is 897 g/mol. The molecule has 0 aliphatic carbocycles. The molecule has 67 heavy (non-hydrogen) atoms. The maximum absolute atomic E-state index is 13.1. The number of hydrogen-bond donors (Lipinski definition) is 1. The van der Waals surface area contributed by atoms with E-state index in [-0.39, 0.29) is 17.0 Å². The second-order valence-corrected chi connectivity index (χ2v) is 17.8. The van der Waals surface area contributed by atoms with Crippen LogP contribution in [0, 0.1) is 5.92 Å². The van der Waals surface area contributed by atoms with Crippen LogP contribution in [0.15, 0.2) is 170 Å². The van der Waals surface area contributed by atoms with Gasteiger partial charge in [0.15, 0.2) is 0 Å². The summed E-state index contributed by atoms with van der Waals surface area (Å²) in [6, 6.07) is 48.1. The highest BCUT2D eigenvalue weighted by Crippen LogP contribution is 2.45. The van der Waals surface area contributed by atoms with Gasteiger partial charge in [-0.15, -0.1) is 0 Å². The third kappa shape index (κ3) is 9.23. The molecule has 0 saturated heterocycles. The van der Waals surface area contributed by atoms with Crippen LogP contribution in [-0.2, 0) is 17.3 Å². The highest BCUT2D eigenvalue weighted by atomic mass is 16.3. The molecule has 9 rings (SSSR count). The van der Waals surface area contributed by atoms with E-state index in [4.69, 9.17) is 36.0 Å². The molecule has 2 heterocycles. The van der Waals surface area contributed by atoms with Crippen molar-refractivity contribution in [3.63, 3.8) is 0 Å². The van der Waals surface area contributed by atoms with Gasteiger partial charge in [0.25, 0.3) is 0 Å². The number of aromatic nitrogens is 3. The smallest absolute Gasteiger partial charge is 0.149 e. The van der Waals surface area contributed by atoms with Crippen molar-refractivity contribution in [2.24, 2.45) is 5.92 Å². The van der Waals surface area contributed by atoms with Gasteiger partial charge in [0.05, 0.1) is 22.3 Å². The predicted molar refractivity (Wildman–Crippen MR) is 283 cm³/mol. The summed E-state index contributed by atoms with van der Waals surface area (Å²) >= 11 is 0. The molecule has 0 fully saturated rings. The Hall–Kier alpha value is -7.04. The van der Waals surface area contributed by atoms with E-state index < -0.39 is 86.1 Å². The van der Waals surface area contributed by atoms with E-state index in [0.717, 1.165) is 50.6 Å². The van der Waals surface area contributed by atoms with Crippen LogP contribution in [0.2, 0.25) is 0 Å². The number of para-hydroxylation sites is 1. The standard InChI is InChI=1S/C63H63N3O/c1-40(2)32-48-36-52(28-29-53(48)45-20-15-12-16-21-45)66-58-23-17-22-54(59(58)65-61(66)55-38-51(62(5,6)7)39-56(60(55)67)63(8,9)10)49-33-47(43-18-13-11-14-19-43)34-50(35-49)57-37-46(30-31-64-57)44-26-24-42(25-27-44)41(3)4/h11-31,33-41,67H,32H2,1-10H3/i5D3,6D3,7D3,8D3,9D3,10D3,41D. The van der Waals surface area contributed by atoms with E-state index in [9.17, 15) is 5.11 Å². The minimum Gasteiger partial charge on any atom is -0.507 e. The van der Waals surface area contributed by atoms with Gasteiger partial charge in [-0.25, -0.2) is 4.98 Å². The lowest BCUT2D eigenvalue weighted by atomic mass is 9.79. The largest absolute Gasteiger partial charge is 0.507 e. The van der Waals surface area contributed by atoms with Gasteiger partial charge in [0.2, 0.25) is 0 Å². The van der Waals surface area contributed by atoms with Crippen molar-refractivity contribution in [3.05, 3.63) is 192 Å². The molecule has 0 atom stereocenters. The summed E-state index contributed by atoms with van der Waals surface area (Å²) in [4.78, 5) is 10.0. The van der Waals surface area contributed by atoms with Crippen LogP contribution in [0.3, 0.4) is 0 Å². The van der Waals surface area contributed by atoms with Crippen LogP contribution in [-0.4, -0.2) is 19.6 Å². The summed E-state index contributed by atoms with van der Waals surface area (Å²) in [5.74, 6) is -2.50. The summed E-state index contributed by atoms with van der Waals surface area (Å²) in [5, 5.41) is 13.1. The molecule has 0 spiro atoms. The Kier molecular flexibility index (Phi) is 7.40. The van der Waals surface area contributed by atoms with Gasteiger partial charge in [0.1, 0.15) is 11.6 Å². The minimum atomic E-state index is -4.14. The number of fused-ring (bicyclic) bond motifs is 1. The van der Waals surface area contributed by atoms with Crippen LogP contribution < -0.4 is 0 Å². The lowest BCUT2D eigenvalue weighted by Gasteiger charge is -2.27. The fourth-order valence-electron chi connectivity index (χ4n) is 8.80. The van der Waals surface area contributed by atoms with Gasteiger partial charge in [-0.2, -0.15) is 0 Å².